The summed E-state index contributed by atoms with van der Waals surface area (Å²) >= 11 is 1.26. The molecule has 0 aliphatic rings. The summed E-state index contributed by atoms with van der Waals surface area (Å²) in [6.07, 6.45) is 0. The van der Waals surface area contributed by atoms with Crippen molar-refractivity contribution in [2.24, 2.45) is 0 Å². The van der Waals surface area contributed by atoms with Crippen molar-refractivity contribution in [3.8, 4) is 0 Å². The minimum Gasteiger partial charge on any atom is -0.355 e. The second-order valence-electron chi connectivity index (χ2n) is 5.96. The van der Waals surface area contributed by atoms with E-state index in [1.807, 2.05) is 31.2 Å². The standard InChI is InChI=1S/C20H23N3O3S/c1-14-4-3-5-17(10-14)23-19(25)13-27-12-18(24)22-11-15-6-8-16(9-7-15)20(26)21-2/h3-10H,11-13H2,1-2H3,(H,21,26)(H,22,24)(H,23,25). The minimum atomic E-state index is -0.147. The van der Waals surface area contributed by atoms with Crippen molar-refractivity contribution in [3.05, 3.63) is 65.2 Å². The van der Waals surface area contributed by atoms with Crippen molar-refractivity contribution < 1.29 is 14.4 Å². The predicted molar refractivity (Wildman–Crippen MR) is 109 cm³/mol. The van der Waals surface area contributed by atoms with Gasteiger partial charge in [0.15, 0.2) is 0 Å². The van der Waals surface area contributed by atoms with Crippen LogP contribution in [0.15, 0.2) is 48.5 Å². The van der Waals surface area contributed by atoms with Crippen molar-refractivity contribution in [2.75, 3.05) is 23.9 Å². The maximum Gasteiger partial charge on any atom is 0.251 e. The van der Waals surface area contributed by atoms with Gasteiger partial charge in [-0.05, 0) is 42.3 Å². The lowest BCUT2D eigenvalue weighted by Gasteiger charge is -2.07. The Morgan fingerprint density at radius 1 is 0.963 bits per heavy atom. The van der Waals surface area contributed by atoms with Gasteiger partial charge in [0.1, 0.15) is 0 Å². The van der Waals surface area contributed by atoms with Gasteiger partial charge in [0, 0.05) is 24.8 Å². The molecule has 3 N–H and O–H groups in total. The number of nitrogens with one attached hydrogen (secondary N) is 3. The van der Waals surface area contributed by atoms with E-state index in [0.29, 0.717) is 12.1 Å². The number of hydrogen-bond donors (Lipinski definition) is 3. The number of amides is 3. The van der Waals surface area contributed by atoms with Crippen LogP contribution < -0.4 is 16.0 Å². The zero-order valence-corrected chi connectivity index (χ0v) is 16.2. The van der Waals surface area contributed by atoms with E-state index in [0.717, 1.165) is 16.8 Å². The van der Waals surface area contributed by atoms with Crippen molar-refractivity contribution in [3.63, 3.8) is 0 Å². The Morgan fingerprint density at radius 2 is 1.67 bits per heavy atom. The lowest BCUT2D eigenvalue weighted by molar-refractivity contribution is -0.118. The molecule has 0 atom stereocenters. The summed E-state index contributed by atoms with van der Waals surface area (Å²) in [5, 5.41) is 8.17. The number of thioether (sulfide) groups is 1. The second-order valence-corrected chi connectivity index (χ2v) is 6.95. The number of anilines is 1. The summed E-state index contributed by atoms with van der Waals surface area (Å²) in [4.78, 5) is 35.3. The molecule has 27 heavy (non-hydrogen) atoms. The zero-order chi connectivity index (χ0) is 19.6. The molecular formula is C20H23N3O3S. The lowest BCUT2D eigenvalue weighted by atomic mass is 10.1. The highest BCUT2D eigenvalue weighted by atomic mass is 32.2. The molecule has 7 heteroatoms. The molecule has 6 nitrogen and oxygen atoms in total. The van der Waals surface area contributed by atoms with Crippen LogP contribution in [0.1, 0.15) is 21.5 Å². The van der Waals surface area contributed by atoms with Gasteiger partial charge in [-0.15, -0.1) is 11.8 Å². The fraction of sp³-hybridized carbons (Fsp3) is 0.250. The van der Waals surface area contributed by atoms with Gasteiger partial charge in [-0.25, -0.2) is 0 Å². The molecule has 0 aliphatic heterocycles. The zero-order valence-electron chi connectivity index (χ0n) is 15.4. The third-order valence-electron chi connectivity index (χ3n) is 3.70. The second kappa shape index (κ2) is 10.4. The van der Waals surface area contributed by atoms with Crippen molar-refractivity contribution in [1.29, 1.82) is 0 Å². The van der Waals surface area contributed by atoms with Crippen LogP contribution in [0.2, 0.25) is 0 Å². The Hall–Kier alpha value is -2.80. The lowest BCUT2D eigenvalue weighted by Crippen LogP contribution is -2.25. The van der Waals surface area contributed by atoms with Gasteiger partial charge in [0.05, 0.1) is 11.5 Å². The molecule has 3 amide bonds. The maximum atomic E-state index is 11.9. The highest BCUT2D eigenvalue weighted by Crippen LogP contribution is 2.10. The molecule has 0 aliphatic carbocycles. The summed E-state index contributed by atoms with van der Waals surface area (Å²) in [6.45, 7) is 2.34. The average molecular weight is 385 g/mol. The third-order valence-corrected chi connectivity index (χ3v) is 4.63. The minimum absolute atomic E-state index is 0.136. The number of carbonyl (C=O) groups is 3. The quantitative estimate of drug-likeness (QED) is 0.651. The van der Waals surface area contributed by atoms with Crippen molar-refractivity contribution in [2.45, 2.75) is 13.5 Å². The van der Waals surface area contributed by atoms with Gasteiger partial charge in [0.25, 0.3) is 5.91 Å². The monoisotopic (exact) mass is 385 g/mol. The molecule has 0 spiro atoms. The first-order valence-corrected chi connectivity index (χ1v) is 9.65. The van der Waals surface area contributed by atoms with E-state index in [9.17, 15) is 14.4 Å². The summed E-state index contributed by atoms with van der Waals surface area (Å²) in [5.74, 6) is -0.00687. The van der Waals surface area contributed by atoms with Crippen LogP contribution in [0, 0.1) is 6.92 Å². The Labute approximate surface area is 163 Å². The van der Waals surface area contributed by atoms with Gasteiger partial charge in [-0.1, -0.05) is 24.3 Å². The van der Waals surface area contributed by atoms with Crippen LogP contribution in [0.4, 0.5) is 5.69 Å². The molecule has 142 valence electrons. The van der Waals surface area contributed by atoms with E-state index in [1.54, 1.807) is 31.3 Å². The summed E-state index contributed by atoms with van der Waals surface area (Å²) in [5.41, 5.74) is 3.30. The molecule has 0 radical (unpaired) electrons. The fourth-order valence-corrected chi connectivity index (χ4v) is 2.97. The van der Waals surface area contributed by atoms with E-state index in [2.05, 4.69) is 16.0 Å². The van der Waals surface area contributed by atoms with E-state index in [-0.39, 0.29) is 29.2 Å². The molecule has 0 fully saturated rings. The number of carbonyl (C=O) groups excluding carboxylic acids is 3. The molecular weight excluding hydrogens is 362 g/mol. The first-order chi connectivity index (χ1) is 13.0. The predicted octanol–water partition coefficient (Wildman–Crippen LogP) is 2.34. The Morgan fingerprint density at radius 3 is 2.33 bits per heavy atom. The van der Waals surface area contributed by atoms with E-state index < -0.39 is 0 Å². The van der Waals surface area contributed by atoms with Crippen LogP contribution in [-0.4, -0.2) is 36.3 Å². The molecule has 2 rings (SSSR count). The molecule has 0 saturated carbocycles. The molecule has 2 aromatic rings. The molecule has 0 heterocycles. The molecule has 0 saturated heterocycles. The van der Waals surface area contributed by atoms with Gasteiger partial charge >= 0.3 is 0 Å². The average Bonchev–Trinajstić information content (AvgIpc) is 2.66. The first kappa shape index (κ1) is 20.5. The Bertz CT molecular complexity index is 806. The topological polar surface area (TPSA) is 87.3 Å². The van der Waals surface area contributed by atoms with E-state index >= 15 is 0 Å². The number of benzene rings is 2. The van der Waals surface area contributed by atoms with Crippen molar-refractivity contribution >= 4 is 35.2 Å². The van der Waals surface area contributed by atoms with E-state index in [4.69, 9.17) is 0 Å². The first-order valence-electron chi connectivity index (χ1n) is 8.50. The van der Waals surface area contributed by atoms with Crippen molar-refractivity contribution in [1.82, 2.24) is 10.6 Å². The third kappa shape index (κ3) is 7.15. The summed E-state index contributed by atoms with van der Waals surface area (Å²) < 4.78 is 0. The number of aryl methyl sites for hydroxylation is 1. The molecule has 0 unspecified atom stereocenters. The van der Waals surface area contributed by atoms with Crippen LogP contribution in [0.5, 0.6) is 0 Å². The van der Waals surface area contributed by atoms with Gasteiger partial charge in [0.2, 0.25) is 11.8 Å². The molecule has 0 aromatic heterocycles. The molecule has 0 bridgehead atoms. The van der Waals surface area contributed by atoms with Crippen LogP contribution in [0.3, 0.4) is 0 Å². The van der Waals surface area contributed by atoms with Crippen LogP contribution >= 0.6 is 11.8 Å². The Kier molecular flexibility index (Phi) is 7.88. The largest absolute Gasteiger partial charge is 0.355 e. The smallest absolute Gasteiger partial charge is 0.251 e. The van der Waals surface area contributed by atoms with Gasteiger partial charge in [-0.2, -0.15) is 0 Å². The van der Waals surface area contributed by atoms with Crippen LogP contribution in [-0.2, 0) is 16.1 Å². The maximum absolute atomic E-state index is 11.9. The normalized spacial score (nSPS) is 10.1. The summed E-state index contributed by atoms with van der Waals surface area (Å²) in [7, 11) is 1.58. The van der Waals surface area contributed by atoms with Crippen LogP contribution in [0.25, 0.3) is 0 Å². The van der Waals surface area contributed by atoms with Gasteiger partial charge < -0.3 is 16.0 Å². The van der Waals surface area contributed by atoms with E-state index in [1.165, 1.54) is 11.8 Å². The number of rotatable bonds is 8. The number of hydrogen-bond acceptors (Lipinski definition) is 4. The molecule has 2 aromatic carbocycles. The Balaban J connectivity index is 1.67. The highest BCUT2D eigenvalue weighted by molar-refractivity contribution is 8.00. The SMILES string of the molecule is CNC(=O)c1ccc(CNC(=O)CSCC(=O)Nc2cccc(C)c2)cc1. The summed E-state index contributed by atoms with van der Waals surface area (Å²) in [6, 6.07) is 14.6. The fourth-order valence-electron chi connectivity index (χ4n) is 2.33. The van der Waals surface area contributed by atoms with Gasteiger partial charge in [-0.3, -0.25) is 14.4 Å². The highest BCUT2D eigenvalue weighted by Gasteiger charge is 2.07.